The lowest BCUT2D eigenvalue weighted by Gasteiger charge is -2.08. The zero-order chi connectivity index (χ0) is 17.4. The van der Waals surface area contributed by atoms with Gasteiger partial charge in [-0.2, -0.15) is 0 Å². The van der Waals surface area contributed by atoms with Crippen LogP contribution in [0.1, 0.15) is 35.7 Å². The molecule has 0 amide bonds. The molecule has 3 aromatic rings. The van der Waals surface area contributed by atoms with Crippen molar-refractivity contribution in [3.63, 3.8) is 0 Å². The number of hydrogen-bond acceptors (Lipinski definition) is 4. The van der Waals surface area contributed by atoms with E-state index in [1.165, 1.54) is 22.5 Å². The largest absolute Gasteiger partial charge is 0.329 e. The van der Waals surface area contributed by atoms with Gasteiger partial charge in [-0.3, -0.25) is 19.1 Å². The molecule has 2 heterocycles. The van der Waals surface area contributed by atoms with E-state index in [0.29, 0.717) is 17.1 Å². The van der Waals surface area contributed by atoms with Crippen LogP contribution in [0.3, 0.4) is 0 Å². The van der Waals surface area contributed by atoms with Crippen LogP contribution >= 0.6 is 0 Å². The molecule has 2 aromatic heterocycles. The number of ketones is 1. The van der Waals surface area contributed by atoms with Crippen molar-refractivity contribution >= 4 is 16.9 Å². The molecule has 0 saturated heterocycles. The number of aromatic nitrogens is 4. The number of hydrogen-bond donors (Lipinski definition) is 1. The van der Waals surface area contributed by atoms with Gasteiger partial charge in [0.25, 0.3) is 5.56 Å². The average molecular weight is 326 g/mol. The van der Waals surface area contributed by atoms with E-state index >= 15 is 0 Å². The average Bonchev–Trinajstić information content (AvgIpc) is 2.97. The predicted molar refractivity (Wildman–Crippen MR) is 90.5 cm³/mol. The third-order valence-electron chi connectivity index (χ3n) is 4.08. The van der Waals surface area contributed by atoms with Crippen LogP contribution in [0.5, 0.6) is 0 Å². The summed E-state index contributed by atoms with van der Waals surface area (Å²) >= 11 is 0. The number of carbonyl (C=O) groups excluding carboxylic acids is 1. The molecule has 24 heavy (non-hydrogen) atoms. The predicted octanol–water partition coefficient (Wildman–Crippen LogP) is 1.43. The first-order chi connectivity index (χ1) is 11.4. The van der Waals surface area contributed by atoms with Gasteiger partial charge in [0, 0.05) is 12.6 Å². The van der Waals surface area contributed by atoms with E-state index in [1.807, 2.05) is 12.1 Å². The molecule has 7 heteroatoms. The molecule has 0 spiro atoms. The van der Waals surface area contributed by atoms with E-state index in [4.69, 9.17) is 0 Å². The molecular weight excluding hydrogens is 308 g/mol. The number of nitrogens with one attached hydrogen (secondary N) is 1. The van der Waals surface area contributed by atoms with E-state index in [9.17, 15) is 14.4 Å². The minimum Gasteiger partial charge on any atom is -0.309 e. The Morgan fingerprint density at radius 1 is 1.21 bits per heavy atom. The van der Waals surface area contributed by atoms with Gasteiger partial charge in [-0.15, -0.1) is 0 Å². The van der Waals surface area contributed by atoms with Crippen molar-refractivity contribution in [3.05, 3.63) is 62.6 Å². The highest BCUT2D eigenvalue weighted by Gasteiger charge is 2.14. The molecule has 7 nitrogen and oxygen atoms in total. The molecule has 0 aliphatic rings. The maximum absolute atomic E-state index is 12.5. The van der Waals surface area contributed by atoms with Crippen LogP contribution < -0.4 is 11.2 Å². The number of Topliss-reactive ketones (excluding diaryl/α,β-unsaturated/α-hetero) is 1. The Kier molecular flexibility index (Phi) is 3.92. The minimum atomic E-state index is -0.555. The summed E-state index contributed by atoms with van der Waals surface area (Å²) in [6.45, 7) is 4.19. The second kappa shape index (κ2) is 5.92. The van der Waals surface area contributed by atoms with Crippen LogP contribution in [-0.4, -0.2) is 24.9 Å². The molecule has 124 valence electrons. The number of H-pyrrole nitrogens is 1. The van der Waals surface area contributed by atoms with Crippen LogP contribution in [0.4, 0.5) is 0 Å². The molecule has 0 unspecified atom stereocenters. The quantitative estimate of drug-likeness (QED) is 0.734. The zero-order valence-electron chi connectivity index (χ0n) is 13.7. The SMILES string of the molecule is CC(C)c1ccc(C(=O)Cn2cnc3c(=O)[nH]c(=O)n(C)c32)cc1. The molecule has 0 fully saturated rings. The van der Waals surface area contributed by atoms with Gasteiger partial charge >= 0.3 is 5.69 Å². The summed E-state index contributed by atoms with van der Waals surface area (Å²) in [6, 6.07) is 7.46. The first-order valence-corrected chi connectivity index (χ1v) is 7.65. The number of fused-ring (bicyclic) bond motifs is 1. The first-order valence-electron chi connectivity index (χ1n) is 7.65. The third kappa shape index (κ3) is 2.68. The number of rotatable bonds is 4. The summed E-state index contributed by atoms with van der Waals surface area (Å²) < 4.78 is 2.80. The van der Waals surface area contributed by atoms with Crippen molar-refractivity contribution in [2.24, 2.45) is 7.05 Å². The number of benzene rings is 1. The Hall–Kier alpha value is -2.96. The number of imidazole rings is 1. The van der Waals surface area contributed by atoms with E-state index in [2.05, 4.69) is 23.8 Å². The van der Waals surface area contributed by atoms with E-state index in [-0.39, 0.29) is 17.8 Å². The highest BCUT2D eigenvalue weighted by Crippen LogP contribution is 2.15. The van der Waals surface area contributed by atoms with Gasteiger partial charge in [0.15, 0.2) is 11.3 Å². The maximum atomic E-state index is 12.5. The van der Waals surface area contributed by atoms with Crippen molar-refractivity contribution in [2.75, 3.05) is 0 Å². The molecule has 1 N–H and O–H groups in total. The van der Waals surface area contributed by atoms with Gasteiger partial charge in [0.2, 0.25) is 0 Å². The lowest BCUT2D eigenvalue weighted by Crippen LogP contribution is -2.29. The molecule has 0 saturated carbocycles. The van der Waals surface area contributed by atoms with Crippen LogP contribution in [0.25, 0.3) is 11.2 Å². The first kappa shape index (κ1) is 15.9. The number of aromatic amines is 1. The molecule has 0 aliphatic heterocycles. The highest BCUT2D eigenvalue weighted by molar-refractivity contribution is 5.96. The van der Waals surface area contributed by atoms with E-state index in [1.54, 1.807) is 12.1 Å². The Morgan fingerprint density at radius 3 is 2.50 bits per heavy atom. The second-order valence-corrected chi connectivity index (χ2v) is 6.06. The number of aryl methyl sites for hydroxylation is 1. The fourth-order valence-corrected chi connectivity index (χ4v) is 2.64. The van der Waals surface area contributed by atoms with Crippen molar-refractivity contribution in [3.8, 4) is 0 Å². The van der Waals surface area contributed by atoms with Gasteiger partial charge < -0.3 is 4.57 Å². The summed E-state index contributed by atoms with van der Waals surface area (Å²) in [5, 5.41) is 0. The van der Waals surface area contributed by atoms with Crippen LogP contribution in [-0.2, 0) is 13.6 Å². The number of nitrogens with zero attached hydrogens (tertiary/aromatic N) is 3. The molecule has 0 atom stereocenters. The topological polar surface area (TPSA) is 89.8 Å². The summed E-state index contributed by atoms with van der Waals surface area (Å²) in [5.41, 5.74) is 1.11. The smallest absolute Gasteiger partial charge is 0.309 e. The minimum absolute atomic E-state index is 0.00819. The zero-order valence-corrected chi connectivity index (χ0v) is 13.7. The normalized spacial score (nSPS) is 11.3. The van der Waals surface area contributed by atoms with Gasteiger partial charge in [-0.05, 0) is 11.5 Å². The highest BCUT2D eigenvalue weighted by atomic mass is 16.2. The Labute approximate surface area is 137 Å². The van der Waals surface area contributed by atoms with E-state index in [0.717, 1.165) is 5.56 Å². The summed E-state index contributed by atoms with van der Waals surface area (Å²) in [4.78, 5) is 42.2. The molecule has 3 rings (SSSR count). The molecule has 0 radical (unpaired) electrons. The lowest BCUT2D eigenvalue weighted by molar-refractivity contribution is 0.0973. The Morgan fingerprint density at radius 2 is 1.88 bits per heavy atom. The summed E-state index contributed by atoms with van der Waals surface area (Å²) in [5.74, 6) is 0.283. The molecular formula is C17H18N4O3. The van der Waals surface area contributed by atoms with Crippen molar-refractivity contribution in [1.29, 1.82) is 0 Å². The molecule has 0 bridgehead atoms. The monoisotopic (exact) mass is 326 g/mol. The fourth-order valence-electron chi connectivity index (χ4n) is 2.64. The summed E-state index contributed by atoms with van der Waals surface area (Å²) in [6.07, 6.45) is 1.40. The standard InChI is InChI=1S/C17H18N4O3/c1-10(2)11-4-6-12(7-5-11)13(22)8-21-9-18-14-15(23)19-17(24)20(3)16(14)21/h4-7,9-10H,8H2,1-3H3,(H,19,23,24). The van der Waals surface area contributed by atoms with Gasteiger partial charge in [0.05, 0.1) is 12.9 Å². The van der Waals surface area contributed by atoms with Crippen LogP contribution in [0.2, 0.25) is 0 Å². The fraction of sp³-hybridized carbons (Fsp3) is 0.294. The van der Waals surface area contributed by atoms with E-state index < -0.39 is 11.2 Å². The van der Waals surface area contributed by atoms with Crippen LogP contribution in [0.15, 0.2) is 40.2 Å². The van der Waals surface area contributed by atoms with Crippen molar-refractivity contribution in [2.45, 2.75) is 26.3 Å². The number of carbonyl (C=O) groups is 1. The van der Waals surface area contributed by atoms with Gasteiger partial charge in [0.1, 0.15) is 5.65 Å². The Bertz CT molecular complexity index is 1020. The van der Waals surface area contributed by atoms with Crippen molar-refractivity contribution < 1.29 is 4.79 Å². The third-order valence-corrected chi connectivity index (χ3v) is 4.08. The van der Waals surface area contributed by atoms with Gasteiger partial charge in [-0.25, -0.2) is 9.78 Å². The van der Waals surface area contributed by atoms with Crippen molar-refractivity contribution in [1.82, 2.24) is 19.1 Å². The molecule has 0 aliphatic carbocycles. The summed E-state index contributed by atoms with van der Waals surface area (Å²) in [7, 11) is 1.53. The lowest BCUT2D eigenvalue weighted by atomic mass is 10.0. The second-order valence-electron chi connectivity index (χ2n) is 6.06. The van der Waals surface area contributed by atoms with Gasteiger partial charge in [-0.1, -0.05) is 38.1 Å². The van der Waals surface area contributed by atoms with Crippen LogP contribution in [0, 0.1) is 0 Å². The maximum Gasteiger partial charge on any atom is 0.329 e. The molecule has 1 aromatic carbocycles. The Balaban J connectivity index is 1.96.